The molecule has 3 N–H and O–H groups in total. The Hall–Kier alpha value is -2.20. The fourth-order valence-electron chi connectivity index (χ4n) is 3.20. The number of halogens is 1. The Balaban J connectivity index is 1.49. The molecule has 0 fully saturated rings. The van der Waals surface area contributed by atoms with Crippen molar-refractivity contribution in [3.05, 3.63) is 71.0 Å². The standard InChI is InChI=1S/C19H21FN2O/c20-18-8-4-3-7-15(18)9-16(21)12-19(23)22-17-10-13-5-1-2-6-14(13)11-17/h1-8,16-17H,9-12,21H2,(H,22,23)/t16-/m1/s1. The molecule has 4 heteroatoms. The minimum Gasteiger partial charge on any atom is -0.353 e. The van der Waals surface area contributed by atoms with Crippen LogP contribution in [0, 0.1) is 5.82 Å². The first-order chi connectivity index (χ1) is 11.1. The first-order valence-electron chi connectivity index (χ1n) is 7.97. The first-order valence-corrected chi connectivity index (χ1v) is 7.97. The summed E-state index contributed by atoms with van der Waals surface area (Å²) < 4.78 is 13.6. The molecule has 0 saturated carbocycles. The molecule has 120 valence electrons. The lowest BCUT2D eigenvalue weighted by atomic mass is 10.0. The summed E-state index contributed by atoms with van der Waals surface area (Å²) in [6, 6.07) is 14.6. The van der Waals surface area contributed by atoms with Gasteiger partial charge < -0.3 is 11.1 Å². The average Bonchev–Trinajstić information content (AvgIpc) is 2.91. The molecule has 1 amide bonds. The van der Waals surface area contributed by atoms with E-state index in [-0.39, 0.29) is 30.2 Å². The number of nitrogens with one attached hydrogen (secondary N) is 1. The van der Waals surface area contributed by atoms with Crippen LogP contribution in [0.5, 0.6) is 0 Å². The van der Waals surface area contributed by atoms with Crippen molar-refractivity contribution in [2.45, 2.75) is 37.8 Å². The highest BCUT2D eigenvalue weighted by molar-refractivity contribution is 5.77. The molecule has 3 rings (SSSR count). The Morgan fingerprint density at radius 2 is 1.74 bits per heavy atom. The van der Waals surface area contributed by atoms with E-state index in [4.69, 9.17) is 5.73 Å². The highest BCUT2D eigenvalue weighted by atomic mass is 19.1. The van der Waals surface area contributed by atoms with Gasteiger partial charge in [-0.25, -0.2) is 4.39 Å². The summed E-state index contributed by atoms with van der Waals surface area (Å²) in [7, 11) is 0. The third-order valence-electron chi connectivity index (χ3n) is 4.30. The van der Waals surface area contributed by atoms with Gasteiger partial charge in [0.2, 0.25) is 5.91 Å². The van der Waals surface area contributed by atoms with Crippen LogP contribution in [0.1, 0.15) is 23.1 Å². The van der Waals surface area contributed by atoms with Crippen molar-refractivity contribution < 1.29 is 9.18 Å². The van der Waals surface area contributed by atoms with Crippen LogP contribution in [0.3, 0.4) is 0 Å². The van der Waals surface area contributed by atoms with Gasteiger partial charge in [-0.2, -0.15) is 0 Å². The van der Waals surface area contributed by atoms with Crippen LogP contribution in [0.2, 0.25) is 0 Å². The Labute approximate surface area is 135 Å². The van der Waals surface area contributed by atoms with Crippen molar-refractivity contribution in [2.24, 2.45) is 5.73 Å². The Kier molecular flexibility index (Phi) is 4.72. The van der Waals surface area contributed by atoms with Gasteiger partial charge in [-0.05, 0) is 42.0 Å². The summed E-state index contributed by atoms with van der Waals surface area (Å²) in [4.78, 5) is 12.2. The average molecular weight is 312 g/mol. The van der Waals surface area contributed by atoms with E-state index in [9.17, 15) is 9.18 Å². The van der Waals surface area contributed by atoms with Gasteiger partial charge in [0.05, 0.1) is 0 Å². The molecule has 0 unspecified atom stereocenters. The quantitative estimate of drug-likeness (QED) is 0.890. The van der Waals surface area contributed by atoms with Gasteiger partial charge >= 0.3 is 0 Å². The lowest BCUT2D eigenvalue weighted by Crippen LogP contribution is -2.39. The zero-order valence-electron chi connectivity index (χ0n) is 13.0. The predicted molar refractivity (Wildman–Crippen MR) is 88.5 cm³/mol. The Morgan fingerprint density at radius 3 is 2.39 bits per heavy atom. The summed E-state index contributed by atoms with van der Waals surface area (Å²) in [6.07, 6.45) is 2.31. The van der Waals surface area contributed by atoms with Gasteiger partial charge in [0, 0.05) is 18.5 Å². The topological polar surface area (TPSA) is 55.1 Å². The molecule has 0 spiro atoms. The van der Waals surface area contributed by atoms with Gasteiger partial charge in [-0.1, -0.05) is 42.5 Å². The molecular weight excluding hydrogens is 291 g/mol. The monoisotopic (exact) mass is 312 g/mol. The highest BCUT2D eigenvalue weighted by Gasteiger charge is 2.23. The van der Waals surface area contributed by atoms with Gasteiger partial charge in [-0.15, -0.1) is 0 Å². The third kappa shape index (κ3) is 3.96. The third-order valence-corrected chi connectivity index (χ3v) is 4.30. The molecule has 0 heterocycles. The number of carbonyl (C=O) groups is 1. The van der Waals surface area contributed by atoms with E-state index >= 15 is 0 Å². The zero-order valence-corrected chi connectivity index (χ0v) is 13.0. The summed E-state index contributed by atoms with van der Waals surface area (Å²) in [5.41, 5.74) is 9.16. The van der Waals surface area contributed by atoms with Crippen LogP contribution < -0.4 is 11.1 Å². The number of nitrogens with two attached hydrogens (primary N) is 1. The summed E-state index contributed by atoms with van der Waals surface area (Å²) in [5.74, 6) is -0.332. The number of hydrogen-bond acceptors (Lipinski definition) is 2. The molecule has 0 radical (unpaired) electrons. The van der Waals surface area contributed by atoms with Crippen molar-refractivity contribution >= 4 is 5.91 Å². The maximum atomic E-state index is 13.6. The highest BCUT2D eigenvalue weighted by Crippen LogP contribution is 2.21. The van der Waals surface area contributed by atoms with Gasteiger partial charge in [0.25, 0.3) is 0 Å². The molecule has 1 aliphatic rings. The number of fused-ring (bicyclic) bond motifs is 1. The normalized spacial score (nSPS) is 15.2. The molecule has 0 aliphatic heterocycles. The number of carbonyl (C=O) groups excluding carboxylic acids is 1. The summed E-state index contributed by atoms with van der Waals surface area (Å²) in [5, 5.41) is 3.04. The molecule has 23 heavy (non-hydrogen) atoms. The van der Waals surface area contributed by atoms with Crippen molar-refractivity contribution in [3.63, 3.8) is 0 Å². The lowest BCUT2D eigenvalue weighted by molar-refractivity contribution is -0.122. The van der Waals surface area contributed by atoms with Crippen molar-refractivity contribution in [1.29, 1.82) is 0 Å². The fourth-order valence-corrected chi connectivity index (χ4v) is 3.20. The summed E-state index contributed by atoms with van der Waals surface area (Å²) in [6.45, 7) is 0. The van der Waals surface area contributed by atoms with E-state index in [1.54, 1.807) is 18.2 Å². The second-order valence-electron chi connectivity index (χ2n) is 6.20. The molecule has 2 aromatic rings. The van der Waals surface area contributed by atoms with Crippen LogP contribution in [0.4, 0.5) is 4.39 Å². The second-order valence-corrected chi connectivity index (χ2v) is 6.20. The molecule has 1 atom stereocenters. The van der Waals surface area contributed by atoms with E-state index < -0.39 is 0 Å². The minimum absolute atomic E-state index is 0.0633. The molecule has 0 aromatic heterocycles. The van der Waals surface area contributed by atoms with Gasteiger partial charge in [-0.3, -0.25) is 4.79 Å². The van der Waals surface area contributed by atoms with Crippen molar-refractivity contribution in [3.8, 4) is 0 Å². The Morgan fingerprint density at radius 1 is 1.13 bits per heavy atom. The zero-order chi connectivity index (χ0) is 16.2. The smallest absolute Gasteiger partial charge is 0.221 e. The van der Waals surface area contributed by atoms with E-state index in [0.717, 1.165) is 12.8 Å². The number of hydrogen-bond donors (Lipinski definition) is 2. The van der Waals surface area contributed by atoms with Crippen LogP contribution in [0.15, 0.2) is 48.5 Å². The van der Waals surface area contributed by atoms with E-state index in [1.165, 1.54) is 17.2 Å². The minimum atomic E-state index is -0.379. The van der Waals surface area contributed by atoms with Crippen LogP contribution in [-0.4, -0.2) is 18.0 Å². The van der Waals surface area contributed by atoms with Crippen LogP contribution in [0.25, 0.3) is 0 Å². The summed E-state index contributed by atoms with van der Waals surface area (Å²) >= 11 is 0. The van der Waals surface area contributed by atoms with Crippen molar-refractivity contribution in [2.75, 3.05) is 0 Å². The molecule has 3 nitrogen and oxygen atoms in total. The number of benzene rings is 2. The maximum Gasteiger partial charge on any atom is 0.221 e. The van der Waals surface area contributed by atoms with E-state index in [2.05, 4.69) is 17.4 Å². The predicted octanol–water partition coefficient (Wildman–Crippen LogP) is 2.37. The number of rotatable bonds is 5. The molecule has 1 aliphatic carbocycles. The maximum absolute atomic E-state index is 13.6. The Bertz CT molecular complexity index is 676. The second kappa shape index (κ2) is 6.92. The van der Waals surface area contributed by atoms with E-state index in [1.807, 2.05) is 12.1 Å². The number of amides is 1. The van der Waals surface area contributed by atoms with E-state index in [0.29, 0.717) is 12.0 Å². The van der Waals surface area contributed by atoms with Gasteiger partial charge in [0.15, 0.2) is 0 Å². The van der Waals surface area contributed by atoms with Crippen molar-refractivity contribution in [1.82, 2.24) is 5.32 Å². The largest absolute Gasteiger partial charge is 0.353 e. The molecule has 2 aromatic carbocycles. The van der Waals surface area contributed by atoms with Gasteiger partial charge in [0.1, 0.15) is 5.82 Å². The first kappa shape index (κ1) is 15.7. The molecule has 0 saturated heterocycles. The molecule has 0 bridgehead atoms. The lowest BCUT2D eigenvalue weighted by Gasteiger charge is -2.15. The molecular formula is C19H21FN2O. The fraction of sp³-hybridized carbons (Fsp3) is 0.316. The van der Waals surface area contributed by atoms with Crippen LogP contribution in [-0.2, 0) is 24.1 Å². The SMILES string of the molecule is N[C@@H](CC(=O)NC1Cc2ccccc2C1)Cc1ccccc1F. The van der Waals surface area contributed by atoms with Crippen LogP contribution >= 0.6 is 0 Å².